The van der Waals surface area contributed by atoms with E-state index in [1.54, 1.807) is 7.11 Å². The molecule has 2 N–H and O–H groups in total. The maximum Gasteiger partial charge on any atom is 0.326 e. The van der Waals surface area contributed by atoms with Gasteiger partial charge in [0.1, 0.15) is 5.54 Å². The molecule has 1 saturated heterocycles. The number of hydrogen-bond donors (Lipinski definition) is 1. The lowest BCUT2D eigenvalue weighted by Gasteiger charge is -2.37. The van der Waals surface area contributed by atoms with Gasteiger partial charge in [0.05, 0.1) is 13.2 Å². The number of nitrogens with zero attached hydrogens (tertiary/aromatic N) is 1. The van der Waals surface area contributed by atoms with E-state index in [-0.39, 0.29) is 11.9 Å². The van der Waals surface area contributed by atoms with E-state index >= 15 is 0 Å². The molecule has 4 unspecified atom stereocenters. The van der Waals surface area contributed by atoms with Crippen LogP contribution in [0.1, 0.15) is 39.0 Å². The third kappa shape index (κ3) is 3.58. The number of likely N-dealkylation sites (tertiary alicyclic amines) is 1. The van der Waals surface area contributed by atoms with Crippen LogP contribution in [0, 0.1) is 11.8 Å². The van der Waals surface area contributed by atoms with Crippen molar-refractivity contribution in [3.8, 4) is 0 Å². The molecule has 1 saturated carbocycles. The molecule has 5 nitrogen and oxygen atoms in total. The van der Waals surface area contributed by atoms with E-state index in [9.17, 15) is 4.79 Å². The van der Waals surface area contributed by atoms with Crippen molar-refractivity contribution in [2.24, 2.45) is 17.6 Å². The number of hydrogen-bond acceptors (Lipinski definition) is 5. The molecule has 0 bridgehead atoms. The van der Waals surface area contributed by atoms with Crippen molar-refractivity contribution in [2.75, 3.05) is 33.9 Å². The fraction of sp³-hybridized carbons (Fsp3) is 0.938. The third-order valence-corrected chi connectivity index (χ3v) is 5.51. The number of carbonyl (C=O) groups is 1. The van der Waals surface area contributed by atoms with Crippen molar-refractivity contribution >= 4 is 5.97 Å². The van der Waals surface area contributed by atoms with Gasteiger partial charge in [0.15, 0.2) is 0 Å². The molecule has 0 aromatic carbocycles. The fourth-order valence-electron chi connectivity index (χ4n) is 3.91. The lowest BCUT2D eigenvalue weighted by Crippen LogP contribution is -2.52. The summed E-state index contributed by atoms with van der Waals surface area (Å²) in [6.07, 6.45) is 5.27. The van der Waals surface area contributed by atoms with Crippen LogP contribution in [-0.2, 0) is 14.3 Å². The Hall–Kier alpha value is -0.650. The lowest BCUT2D eigenvalue weighted by molar-refractivity contribution is -0.148. The standard InChI is InChI=1S/C16H30N2O3/c1-12-6-9-18(11-14(12)20-2)10-7-13-5-4-8-16(13,17)15(19)21-3/h12-14H,4-11,17H2,1-3H3. The fourth-order valence-corrected chi connectivity index (χ4v) is 3.91. The molecule has 2 rings (SSSR count). The van der Waals surface area contributed by atoms with E-state index in [1.165, 1.54) is 13.5 Å². The number of esters is 1. The van der Waals surface area contributed by atoms with Crippen molar-refractivity contribution in [3.63, 3.8) is 0 Å². The largest absolute Gasteiger partial charge is 0.468 e. The molecule has 1 aliphatic carbocycles. The summed E-state index contributed by atoms with van der Waals surface area (Å²) in [6.45, 7) is 5.35. The minimum Gasteiger partial charge on any atom is -0.468 e. The predicted molar refractivity (Wildman–Crippen MR) is 81.9 cm³/mol. The summed E-state index contributed by atoms with van der Waals surface area (Å²) in [5.41, 5.74) is 5.57. The molecule has 122 valence electrons. The van der Waals surface area contributed by atoms with Gasteiger partial charge >= 0.3 is 5.97 Å². The quantitative estimate of drug-likeness (QED) is 0.777. The molecular weight excluding hydrogens is 268 g/mol. The Labute approximate surface area is 128 Å². The third-order valence-electron chi connectivity index (χ3n) is 5.51. The molecule has 2 fully saturated rings. The van der Waals surface area contributed by atoms with E-state index in [4.69, 9.17) is 15.2 Å². The molecule has 0 aromatic heterocycles. The minimum absolute atomic E-state index is 0.241. The van der Waals surface area contributed by atoms with Gasteiger partial charge in [-0.25, -0.2) is 0 Å². The Morgan fingerprint density at radius 2 is 2.14 bits per heavy atom. The van der Waals surface area contributed by atoms with Crippen LogP contribution in [0.25, 0.3) is 0 Å². The van der Waals surface area contributed by atoms with Crippen LogP contribution >= 0.6 is 0 Å². The van der Waals surface area contributed by atoms with Gasteiger partial charge in [0.2, 0.25) is 0 Å². The summed E-state index contributed by atoms with van der Waals surface area (Å²) >= 11 is 0. The smallest absolute Gasteiger partial charge is 0.326 e. The van der Waals surface area contributed by atoms with Crippen LogP contribution in [0.4, 0.5) is 0 Å². The maximum absolute atomic E-state index is 12.0. The zero-order valence-electron chi connectivity index (χ0n) is 13.6. The number of ether oxygens (including phenoxy) is 2. The lowest BCUT2D eigenvalue weighted by atomic mass is 9.85. The molecule has 2 aliphatic rings. The molecular formula is C16H30N2O3. The molecule has 0 amide bonds. The SMILES string of the molecule is COC(=O)C1(N)CCCC1CCN1CCC(C)C(OC)C1. The van der Waals surface area contributed by atoms with Gasteiger partial charge < -0.3 is 20.1 Å². The van der Waals surface area contributed by atoms with Gasteiger partial charge in [-0.1, -0.05) is 13.3 Å². The number of carbonyl (C=O) groups excluding carboxylic acids is 1. The summed E-state index contributed by atoms with van der Waals surface area (Å²) in [6, 6.07) is 0. The number of piperidine rings is 1. The topological polar surface area (TPSA) is 64.8 Å². The van der Waals surface area contributed by atoms with Crippen molar-refractivity contribution < 1.29 is 14.3 Å². The van der Waals surface area contributed by atoms with Gasteiger partial charge in [0.25, 0.3) is 0 Å². The molecule has 0 radical (unpaired) electrons. The Bertz CT molecular complexity index is 363. The summed E-state index contributed by atoms with van der Waals surface area (Å²) in [4.78, 5) is 14.4. The van der Waals surface area contributed by atoms with Crippen molar-refractivity contribution in [3.05, 3.63) is 0 Å². The van der Waals surface area contributed by atoms with Crippen LogP contribution < -0.4 is 5.73 Å². The van der Waals surface area contributed by atoms with Crippen LogP contribution in [0.3, 0.4) is 0 Å². The first-order valence-electron chi connectivity index (χ1n) is 8.13. The highest BCUT2D eigenvalue weighted by molar-refractivity contribution is 5.81. The molecule has 0 aromatic rings. The van der Waals surface area contributed by atoms with Crippen molar-refractivity contribution in [1.82, 2.24) is 4.90 Å². The molecule has 4 atom stereocenters. The highest BCUT2D eigenvalue weighted by atomic mass is 16.5. The first-order valence-corrected chi connectivity index (χ1v) is 8.13. The first kappa shape index (κ1) is 16.7. The maximum atomic E-state index is 12.0. The predicted octanol–water partition coefficient (Wildman–Crippen LogP) is 1.40. The summed E-state index contributed by atoms with van der Waals surface area (Å²) in [5.74, 6) is 0.624. The molecule has 5 heteroatoms. The van der Waals surface area contributed by atoms with E-state index in [1.807, 2.05) is 0 Å². The first-order chi connectivity index (χ1) is 10.0. The van der Waals surface area contributed by atoms with E-state index < -0.39 is 5.54 Å². The van der Waals surface area contributed by atoms with Gasteiger partial charge in [0, 0.05) is 13.7 Å². The second-order valence-electron chi connectivity index (χ2n) is 6.75. The van der Waals surface area contributed by atoms with E-state index in [0.29, 0.717) is 12.0 Å². The Morgan fingerprint density at radius 1 is 1.38 bits per heavy atom. The van der Waals surface area contributed by atoms with Crippen LogP contribution in [-0.4, -0.2) is 56.4 Å². The van der Waals surface area contributed by atoms with Crippen LogP contribution in [0.5, 0.6) is 0 Å². The molecule has 21 heavy (non-hydrogen) atoms. The van der Waals surface area contributed by atoms with Crippen LogP contribution in [0.15, 0.2) is 0 Å². The average Bonchev–Trinajstić information content (AvgIpc) is 2.87. The van der Waals surface area contributed by atoms with Gasteiger partial charge in [-0.3, -0.25) is 4.79 Å². The van der Waals surface area contributed by atoms with E-state index in [2.05, 4.69) is 11.8 Å². The minimum atomic E-state index is -0.765. The average molecular weight is 298 g/mol. The monoisotopic (exact) mass is 298 g/mol. The number of nitrogens with two attached hydrogens (primary N) is 1. The molecule has 0 spiro atoms. The van der Waals surface area contributed by atoms with E-state index in [0.717, 1.165) is 45.3 Å². The van der Waals surface area contributed by atoms with Crippen molar-refractivity contribution in [1.29, 1.82) is 0 Å². The molecule has 1 heterocycles. The zero-order valence-corrected chi connectivity index (χ0v) is 13.6. The Kier molecular flexibility index (Phi) is 5.63. The summed E-state index contributed by atoms with van der Waals surface area (Å²) < 4.78 is 10.5. The van der Waals surface area contributed by atoms with Gasteiger partial charge in [-0.05, 0) is 50.6 Å². The van der Waals surface area contributed by atoms with Crippen LogP contribution in [0.2, 0.25) is 0 Å². The normalized spacial score (nSPS) is 37.6. The second kappa shape index (κ2) is 7.07. The van der Waals surface area contributed by atoms with Crippen molar-refractivity contribution in [2.45, 2.75) is 50.7 Å². The summed E-state index contributed by atoms with van der Waals surface area (Å²) in [5, 5.41) is 0. The zero-order chi connectivity index (χ0) is 15.5. The Morgan fingerprint density at radius 3 is 2.81 bits per heavy atom. The summed E-state index contributed by atoms with van der Waals surface area (Å²) in [7, 11) is 3.23. The highest BCUT2D eigenvalue weighted by Crippen LogP contribution is 2.37. The molecule has 1 aliphatic heterocycles. The highest BCUT2D eigenvalue weighted by Gasteiger charge is 2.46. The Balaban J connectivity index is 1.86. The van der Waals surface area contributed by atoms with Gasteiger partial charge in [-0.15, -0.1) is 0 Å². The number of rotatable bonds is 5. The number of methoxy groups -OCH3 is 2. The van der Waals surface area contributed by atoms with Gasteiger partial charge in [-0.2, -0.15) is 0 Å². The second-order valence-corrected chi connectivity index (χ2v) is 6.75.